The van der Waals surface area contributed by atoms with Gasteiger partial charge in [0.2, 0.25) is 5.91 Å². The molecule has 1 aliphatic heterocycles. The van der Waals surface area contributed by atoms with Gasteiger partial charge in [0.25, 0.3) is 0 Å². The number of fused-ring (bicyclic) bond motifs is 1. The fourth-order valence-electron chi connectivity index (χ4n) is 2.65. The van der Waals surface area contributed by atoms with Gasteiger partial charge in [-0.3, -0.25) is 9.59 Å². The van der Waals surface area contributed by atoms with Crippen molar-refractivity contribution in [3.05, 3.63) is 54.1 Å². The highest BCUT2D eigenvalue weighted by Crippen LogP contribution is 2.38. The third kappa shape index (κ3) is 8.63. The topological polar surface area (TPSA) is 121 Å². The van der Waals surface area contributed by atoms with Crippen LogP contribution in [0.2, 0.25) is 0 Å². The number of esters is 1. The molecule has 1 aromatic carbocycles. The Morgan fingerprint density at radius 3 is 2.58 bits per heavy atom. The third-order valence-electron chi connectivity index (χ3n) is 4.28. The van der Waals surface area contributed by atoms with Crippen molar-refractivity contribution >= 4 is 41.2 Å². The number of carbonyl (C=O) groups excluding carboxylic acids is 2. The quantitative estimate of drug-likeness (QED) is 0.224. The number of rotatable bonds is 5. The van der Waals surface area contributed by atoms with E-state index in [1.807, 2.05) is 19.1 Å². The van der Waals surface area contributed by atoms with E-state index >= 15 is 0 Å². The molecule has 7 nitrogen and oxygen atoms in total. The minimum Gasteiger partial charge on any atom is -0.468 e. The van der Waals surface area contributed by atoms with E-state index in [2.05, 4.69) is 34.8 Å². The number of ether oxygens (including phenoxy) is 1. The van der Waals surface area contributed by atoms with Crippen LogP contribution in [0, 0.1) is 6.92 Å². The zero-order chi connectivity index (χ0) is 23.4. The molecule has 31 heavy (non-hydrogen) atoms. The SMILES string of the molecule is C=C.CCC1CCc2c(N)nc(SCC(=O)OC)nc2S1.Cc1cccc(C(N)=O)c1. The van der Waals surface area contributed by atoms with Crippen LogP contribution in [0.15, 0.2) is 47.6 Å². The molecule has 3 rings (SSSR count). The standard InChI is InChI=1S/C12H17N3O2S2.C8H9NO.C2H4/c1-3-7-4-5-8-10(13)14-12(15-11(8)19-7)18-6-9(16)17-2;1-6-3-2-4-7(5-6)8(9)10;1-2/h7H,3-6H2,1-2H3,(H2,13,14,15);2-5H,1H3,(H2,9,10);1-2H2. The lowest BCUT2D eigenvalue weighted by Gasteiger charge is -2.23. The van der Waals surface area contributed by atoms with Crippen molar-refractivity contribution in [2.75, 3.05) is 18.6 Å². The van der Waals surface area contributed by atoms with Gasteiger partial charge in [-0.05, 0) is 38.3 Å². The minimum atomic E-state index is -0.372. The number of primary amides is 1. The number of nitrogens with two attached hydrogens (primary N) is 2. The second-order valence-electron chi connectivity index (χ2n) is 6.46. The van der Waals surface area contributed by atoms with Crippen LogP contribution in [-0.2, 0) is 16.0 Å². The Labute approximate surface area is 192 Å². The molecule has 9 heteroatoms. The number of amides is 1. The van der Waals surface area contributed by atoms with E-state index in [-0.39, 0.29) is 17.6 Å². The van der Waals surface area contributed by atoms with Crippen molar-refractivity contribution in [3.8, 4) is 0 Å². The number of hydrogen-bond acceptors (Lipinski definition) is 8. The van der Waals surface area contributed by atoms with E-state index in [4.69, 9.17) is 11.5 Å². The predicted molar refractivity (Wildman–Crippen MR) is 128 cm³/mol. The number of methoxy groups -OCH3 is 1. The highest BCUT2D eigenvalue weighted by molar-refractivity contribution is 8.00. The van der Waals surface area contributed by atoms with Crippen LogP contribution in [0.3, 0.4) is 0 Å². The summed E-state index contributed by atoms with van der Waals surface area (Å²) in [6, 6.07) is 7.21. The number of benzene rings is 1. The summed E-state index contributed by atoms with van der Waals surface area (Å²) in [5, 5.41) is 2.11. The molecule has 0 radical (unpaired) electrons. The van der Waals surface area contributed by atoms with Gasteiger partial charge in [0, 0.05) is 16.4 Å². The first-order valence-electron chi connectivity index (χ1n) is 9.73. The van der Waals surface area contributed by atoms with Gasteiger partial charge in [-0.2, -0.15) is 0 Å². The average molecular weight is 463 g/mol. The zero-order valence-corrected chi connectivity index (χ0v) is 19.9. The zero-order valence-electron chi connectivity index (χ0n) is 18.2. The first-order valence-corrected chi connectivity index (χ1v) is 11.6. The molecule has 4 N–H and O–H groups in total. The van der Waals surface area contributed by atoms with E-state index < -0.39 is 0 Å². The normalized spacial score (nSPS) is 14.1. The van der Waals surface area contributed by atoms with Gasteiger partial charge in [-0.1, -0.05) is 36.4 Å². The van der Waals surface area contributed by atoms with Crippen molar-refractivity contribution in [1.82, 2.24) is 9.97 Å². The predicted octanol–water partition coefficient (Wildman–Crippen LogP) is 4.04. The van der Waals surface area contributed by atoms with Gasteiger partial charge in [0.05, 0.1) is 12.9 Å². The van der Waals surface area contributed by atoms with Gasteiger partial charge in [0.15, 0.2) is 5.16 Å². The number of hydrogen-bond donors (Lipinski definition) is 2. The van der Waals surface area contributed by atoms with Crippen molar-refractivity contribution in [2.45, 2.75) is 48.5 Å². The molecule has 1 atom stereocenters. The molecule has 0 aliphatic carbocycles. The van der Waals surface area contributed by atoms with Crippen molar-refractivity contribution < 1.29 is 14.3 Å². The van der Waals surface area contributed by atoms with Crippen LogP contribution < -0.4 is 11.5 Å². The summed E-state index contributed by atoms with van der Waals surface area (Å²) in [5.41, 5.74) is 13.7. The molecular formula is C22H30N4O3S2. The Hall–Kier alpha value is -2.52. The van der Waals surface area contributed by atoms with Gasteiger partial charge < -0.3 is 16.2 Å². The smallest absolute Gasteiger partial charge is 0.316 e. The molecule has 0 saturated carbocycles. The van der Waals surface area contributed by atoms with E-state index in [0.717, 1.165) is 35.4 Å². The molecule has 2 aromatic rings. The number of nitrogens with zero attached hydrogens (tertiary/aromatic N) is 2. The number of anilines is 1. The molecule has 1 amide bonds. The lowest BCUT2D eigenvalue weighted by atomic mass is 10.1. The van der Waals surface area contributed by atoms with E-state index in [0.29, 0.717) is 21.8 Å². The Kier molecular flexibility index (Phi) is 11.7. The molecule has 0 bridgehead atoms. The summed E-state index contributed by atoms with van der Waals surface area (Å²) in [6.07, 6.45) is 3.18. The van der Waals surface area contributed by atoms with E-state index in [9.17, 15) is 9.59 Å². The Morgan fingerprint density at radius 2 is 2.03 bits per heavy atom. The van der Waals surface area contributed by atoms with Gasteiger partial charge in [-0.15, -0.1) is 24.9 Å². The Balaban J connectivity index is 0.000000337. The Morgan fingerprint density at radius 1 is 1.32 bits per heavy atom. The third-order valence-corrected chi connectivity index (χ3v) is 6.56. The van der Waals surface area contributed by atoms with Crippen LogP contribution in [0.4, 0.5) is 5.82 Å². The summed E-state index contributed by atoms with van der Waals surface area (Å²) >= 11 is 3.02. The van der Waals surface area contributed by atoms with E-state index in [1.54, 1.807) is 23.9 Å². The largest absolute Gasteiger partial charge is 0.468 e. The number of carbonyl (C=O) groups is 2. The van der Waals surface area contributed by atoms with E-state index in [1.165, 1.54) is 18.9 Å². The lowest BCUT2D eigenvalue weighted by molar-refractivity contribution is -0.137. The fourth-order valence-corrected chi connectivity index (χ4v) is 4.59. The monoisotopic (exact) mass is 462 g/mol. The van der Waals surface area contributed by atoms with Crippen LogP contribution in [-0.4, -0.2) is 40.0 Å². The fraction of sp³-hybridized carbons (Fsp3) is 0.364. The second-order valence-corrected chi connectivity index (χ2v) is 8.69. The molecule has 2 heterocycles. The summed E-state index contributed by atoms with van der Waals surface area (Å²) in [4.78, 5) is 30.5. The van der Waals surface area contributed by atoms with Gasteiger partial charge in [0.1, 0.15) is 10.8 Å². The summed E-state index contributed by atoms with van der Waals surface area (Å²) < 4.78 is 4.60. The van der Waals surface area contributed by atoms with Crippen LogP contribution in [0.1, 0.15) is 41.3 Å². The molecule has 1 aliphatic rings. The Bertz CT molecular complexity index is 893. The molecular weight excluding hydrogens is 432 g/mol. The molecule has 1 aromatic heterocycles. The van der Waals surface area contributed by atoms with Gasteiger partial charge >= 0.3 is 5.97 Å². The number of aromatic nitrogens is 2. The minimum absolute atomic E-state index is 0.205. The summed E-state index contributed by atoms with van der Waals surface area (Å²) in [7, 11) is 1.37. The first kappa shape index (κ1) is 26.5. The van der Waals surface area contributed by atoms with Crippen molar-refractivity contribution in [2.24, 2.45) is 5.73 Å². The van der Waals surface area contributed by atoms with Crippen LogP contribution >= 0.6 is 23.5 Å². The van der Waals surface area contributed by atoms with Crippen molar-refractivity contribution in [3.63, 3.8) is 0 Å². The highest BCUT2D eigenvalue weighted by atomic mass is 32.2. The summed E-state index contributed by atoms with van der Waals surface area (Å²) in [5.74, 6) is 0.0865. The maximum atomic E-state index is 11.1. The molecule has 0 fully saturated rings. The van der Waals surface area contributed by atoms with Crippen LogP contribution in [0.5, 0.6) is 0 Å². The second kappa shape index (κ2) is 13.7. The number of thioether (sulfide) groups is 2. The maximum Gasteiger partial charge on any atom is 0.316 e. The molecule has 0 saturated heterocycles. The van der Waals surface area contributed by atoms with Gasteiger partial charge in [-0.25, -0.2) is 9.97 Å². The highest BCUT2D eigenvalue weighted by Gasteiger charge is 2.23. The number of nitrogen functional groups attached to an aromatic ring is 1. The lowest BCUT2D eigenvalue weighted by Crippen LogP contribution is -2.15. The average Bonchev–Trinajstić information content (AvgIpc) is 2.78. The molecule has 1 unspecified atom stereocenters. The molecule has 0 spiro atoms. The van der Waals surface area contributed by atoms with Crippen LogP contribution in [0.25, 0.3) is 0 Å². The first-order chi connectivity index (χ1) is 14.8. The molecule has 168 valence electrons. The van der Waals surface area contributed by atoms with Crippen molar-refractivity contribution in [1.29, 1.82) is 0 Å². The summed E-state index contributed by atoms with van der Waals surface area (Å²) in [6.45, 7) is 10.1. The number of aryl methyl sites for hydroxylation is 1. The maximum absolute atomic E-state index is 11.1.